The molecule has 7 heteroatoms. The first-order valence-electron chi connectivity index (χ1n) is 13.6. The van der Waals surface area contributed by atoms with E-state index in [2.05, 4.69) is 22.2 Å². The number of nitrogens with zero attached hydrogens (tertiary/aromatic N) is 4. The van der Waals surface area contributed by atoms with E-state index in [4.69, 9.17) is 0 Å². The topological polar surface area (TPSA) is 70.0 Å². The summed E-state index contributed by atoms with van der Waals surface area (Å²) in [6.07, 6.45) is 12.1. The highest BCUT2D eigenvalue weighted by Crippen LogP contribution is 2.59. The van der Waals surface area contributed by atoms with Crippen molar-refractivity contribution in [3.63, 3.8) is 0 Å². The number of carbonyl (C=O) groups is 2. The van der Waals surface area contributed by atoms with Crippen molar-refractivity contribution in [2.45, 2.75) is 51.4 Å². The van der Waals surface area contributed by atoms with E-state index < -0.39 is 0 Å². The summed E-state index contributed by atoms with van der Waals surface area (Å²) in [6, 6.07) is 5.56. The van der Waals surface area contributed by atoms with Crippen molar-refractivity contribution >= 4 is 17.5 Å². The van der Waals surface area contributed by atoms with Crippen molar-refractivity contribution in [3.8, 4) is 0 Å². The molecule has 188 valence electrons. The van der Waals surface area contributed by atoms with Crippen LogP contribution in [-0.2, 0) is 0 Å². The molecule has 7 rings (SSSR count). The average molecular weight is 478 g/mol. The second kappa shape index (κ2) is 8.91. The van der Waals surface area contributed by atoms with E-state index in [1.165, 1.54) is 44.9 Å². The van der Waals surface area contributed by atoms with Crippen LogP contribution in [0.2, 0.25) is 0 Å². The Balaban J connectivity index is 1.14. The number of rotatable bonds is 6. The van der Waals surface area contributed by atoms with E-state index in [1.54, 1.807) is 15.5 Å². The molecule has 4 saturated carbocycles. The van der Waals surface area contributed by atoms with Gasteiger partial charge in [-0.05, 0) is 106 Å². The third-order valence-corrected chi connectivity index (χ3v) is 9.33. The van der Waals surface area contributed by atoms with Crippen LogP contribution in [0.3, 0.4) is 0 Å². The van der Waals surface area contributed by atoms with Crippen molar-refractivity contribution in [1.82, 2.24) is 24.5 Å². The van der Waals surface area contributed by atoms with E-state index in [-0.39, 0.29) is 11.8 Å². The summed E-state index contributed by atoms with van der Waals surface area (Å²) in [5.41, 5.74) is 1.89. The van der Waals surface area contributed by atoms with Gasteiger partial charge in [-0.2, -0.15) is 0 Å². The lowest BCUT2D eigenvalue weighted by molar-refractivity contribution is -0.0503. The molecule has 4 aliphatic carbocycles. The van der Waals surface area contributed by atoms with Crippen molar-refractivity contribution in [2.24, 2.45) is 29.1 Å². The molecule has 5 aliphatic rings. The maximum Gasteiger partial charge on any atom is 0.273 e. The molecule has 3 heterocycles. The van der Waals surface area contributed by atoms with Gasteiger partial charge in [-0.3, -0.25) is 14.0 Å². The number of imidazole rings is 1. The van der Waals surface area contributed by atoms with E-state index >= 15 is 0 Å². The molecule has 0 aromatic carbocycles. The van der Waals surface area contributed by atoms with Crippen molar-refractivity contribution in [2.75, 3.05) is 40.3 Å². The van der Waals surface area contributed by atoms with E-state index in [0.29, 0.717) is 28.4 Å². The van der Waals surface area contributed by atoms with Gasteiger partial charge in [0.1, 0.15) is 17.0 Å². The minimum atomic E-state index is -0.0816. The summed E-state index contributed by atoms with van der Waals surface area (Å²) in [5, 5.41) is 3.28. The van der Waals surface area contributed by atoms with Crippen LogP contribution in [0.25, 0.3) is 5.65 Å². The number of fused-ring (bicyclic) bond motifs is 1. The molecular weight excluding hydrogens is 438 g/mol. The van der Waals surface area contributed by atoms with Gasteiger partial charge in [0.15, 0.2) is 0 Å². The SMILES string of the molecule is CN1CCCC(CN(C)C(=O)c2cn3c(C(=O)NCC45CC6CC(CC(C6)C4)C5)cccc3n2)C1. The number of carbonyl (C=O) groups excluding carboxylic acids is 2. The minimum Gasteiger partial charge on any atom is -0.350 e. The number of hydrogen-bond acceptors (Lipinski definition) is 4. The largest absolute Gasteiger partial charge is 0.350 e. The smallest absolute Gasteiger partial charge is 0.273 e. The van der Waals surface area contributed by atoms with Gasteiger partial charge < -0.3 is 15.1 Å². The molecule has 1 N–H and O–H groups in total. The highest BCUT2D eigenvalue weighted by molar-refractivity contribution is 5.95. The Morgan fingerprint density at radius 1 is 1.14 bits per heavy atom. The average Bonchev–Trinajstić information content (AvgIpc) is 3.26. The molecule has 1 atom stereocenters. The first-order chi connectivity index (χ1) is 16.9. The summed E-state index contributed by atoms with van der Waals surface area (Å²) in [4.78, 5) is 35.2. The van der Waals surface area contributed by atoms with Gasteiger partial charge in [0, 0.05) is 32.9 Å². The molecule has 1 unspecified atom stereocenters. The first-order valence-corrected chi connectivity index (χ1v) is 13.6. The van der Waals surface area contributed by atoms with E-state index in [0.717, 1.165) is 50.4 Å². The summed E-state index contributed by atoms with van der Waals surface area (Å²) in [7, 11) is 4.01. The summed E-state index contributed by atoms with van der Waals surface area (Å²) >= 11 is 0. The summed E-state index contributed by atoms with van der Waals surface area (Å²) < 4.78 is 1.78. The maximum absolute atomic E-state index is 13.3. The van der Waals surface area contributed by atoms with Crippen LogP contribution in [0.15, 0.2) is 24.4 Å². The lowest BCUT2D eigenvalue weighted by atomic mass is 9.49. The quantitative estimate of drug-likeness (QED) is 0.689. The maximum atomic E-state index is 13.3. The summed E-state index contributed by atoms with van der Waals surface area (Å²) in [5.74, 6) is 2.95. The van der Waals surface area contributed by atoms with Crippen LogP contribution >= 0.6 is 0 Å². The third-order valence-electron chi connectivity index (χ3n) is 9.33. The molecule has 1 saturated heterocycles. The standard InChI is InChI=1S/C28H39N5O2/c1-31-8-4-5-19(15-31)16-32(2)27(35)23-17-33-24(6-3-7-25(33)30-23)26(34)29-18-28-12-20-9-21(13-28)11-22(10-20)14-28/h3,6-7,17,19-22H,4-5,8-16,18H2,1-2H3,(H,29,34). The van der Waals surface area contributed by atoms with Gasteiger partial charge in [0.25, 0.3) is 11.8 Å². The van der Waals surface area contributed by atoms with Crippen LogP contribution in [0, 0.1) is 29.1 Å². The van der Waals surface area contributed by atoms with Gasteiger partial charge in [-0.15, -0.1) is 0 Å². The zero-order chi connectivity index (χ0) is 24.2. The molecule has 7 nitrogen and oxygen atoms in total. The fourth-order valence-corrected chi connectivity index (χ4v) is 8.25. The number of aromatic nitrogens is 2. The Kier molecular flexibility index (Phi) is 5.86. The molecule has 2 amide bonds. The van der Waals surface area contributed by atoms with Gasteiger partial charge >= 0.3 is 0 Å². The van der Waals surface area contributed by atoms with Crippen molar-refractivity contribution < 1.29 is 9.59 Å². The number of hydrogen-bond donors (Lipinski definition) is 1. The minimum absolute atomic E-state index is 0.0682. The van der Waals surface area contributed by atoms with Gasteiger partial charge in [-0.1, -0.05) is 6.07 Å². The Morgan fingerprint density at radius 3 is 2.54 bits per heavy atom. The second-order valence-corrected chi connectivity index (χ2v) is 12.3. The zero-order valence-electron chi connectivity index (χ0n) is 21.2. The number of pyridine rings is 1. The third kappa shape index (κ3) is 4.48. The van der Waals surface area contributed by atoms with Gasteiger partial charge in [0.05, 0.1) is 0 Å². The van der Waals surface area contributed by atoms with Crippen LogP contribution in [0.4, 0.5) is 0 Å². The fraction of sp³-hybridized carbons (Fsp3) is 0.679. The number of likely N-dealkylation sites (tertiary alicyclic amines) is 1. The molecule has 5 fully saturated rings. The predicted octanol–water partition coefficient (Wildman–Crippen LogP) is 3.69. The lowest BCUT2D eigenvalue weighted by Gasteiger charge is -2.56. The lowest BCUT2D eigenvalue weighted by Crippen LogP contribution is -2.51. The van der Waals surface area contributed by atoms with E-state index in [9.17, 15) is 9.59 Å². The number of piperidine rings is 1. The summed E-state index contributed by atoms with van der Waals surface area (Å²) in [6.45, 7) is 3.66. The van der Waals surface area contributed by atoms with E-state index in [1.807, 2.05) is 25.2 Å². The first kappa shape index (κ1) is 23.0. The Bertz CT molecular complexity index is 1090. The molecular formula is C28H39N5O2. The zero-order valence-corrected chi connectivity index (χ0v) is 21.2. The monoisotopic (exact) mass is 477 g/mol. The molecule has 2 aromatic rings. The number of nitrogens with one attached hydrogen (secondary N) is 1. The molecule has 35 heavy (non-hydrogen) atoms. The Hall–Kier alpha value is -2.41. The number of amides is 2. The molecule has 0 radical (unpaired) electrons. The molecule has 0 spiro atoms. The van der Waals surface area contributed by atoms with Gasteiger partial charge in [-0.25, -0.2) is 4.98 Å². The second-order valence-electron chi connectivity index (χ2n) is 12.3. The van der Waals surface area contributed by atoms with Crippen LogP contribution in [-0.4, -0.2) is 71.3 Å². The van der Waals surface area contributed by atoms with Crippen LogP contribution < -0.4 is 5.32 Å². The van der Waals surface area contributed by atoms with Crippen LogP contribution in [0.1, 0.15) is 72.3 Å². The fourth-order valence-electron chi connectivity index (χ4n) is 8.25. The van der Waals surface area contributed by atoms with Crippen molar-refractivity contribution in [3.05, 3.63) is 35.8 Å². The van der Waals surface area contributed by atoms with Gasteiger partial charge in [0.2, 0.25) is 0 Å². The Labute approximate surface area is 208 Å². The Morgan fingerprint density at radius 2 is 1.86 bits per heavy atom. The predicted molar refractivity (Wildman–Crippen MR) is 135 cm³/mol. The molecule has 1 aliphatic heterocycles. The highest BCUT2D eigenvalue weighted by atomic mass is 16.2. The molecule has 4 bridgehead atoms. The molecule has 2 aromatic heterocycles. The van der Waals surface area contributed by atoms with Crippen LogP contribution in [0.5, 0.6) is 0 Å². The normalized spacial score (nSPS) is 32.2. The highest BCUT2D eigenvalue weighted by Gasteiger charge is 2.50. The van der Waals surface area contributed by atoms with Crippen molar-refractivity contribution in [1.29, 1.82) is 0 Å².